The summed E-state index contributed by atoms with van der Waals surface area (Å²) in [5.74, 6) is -5.39. The van der Waals surface area contributed by atoms with Crippen LogP contribution in [0.1, 0.15) is 32.1 Å². The molecule has 0 saturated heterocycles. The standard InChI is InChI=1S/C29H53N3O16/c30-6-8-42-10-12-44-14-16-46-18-20-48-22-21-47-19-17-45-15-13-43-11-9-41-7-5-26(34)32-23(28(37)38)1-3-25(33)31-24(29(39)40)2-4-27(35)36/h23-24H,1-22,30H2,(H,31,33)(H,32,34)(H,35,36)(H,37,38)(H,39,40). The van der Waals surface area contributed by atoms with Gasteiger partial charge >= 0.3 is 17.9 Å². The molecule has 0 aliphatic rings. The van der Waals surface area contributed by atoms with E-state index in [2.05, 4.69) is 10.6 Å². The van der Waals surface area contributed by atoms with Crippen LogP contribution in [0.4, 0.5) is 0 Å². The van der Waals surface area contributed by atoms with Crippen LogP contribution in [0.15, 0.2) is 0 Å². The Morgan fingerprint density at radius 2 is 0.729 bits per heavy atom. The predicted octanol–water partition coefficient (Wildman–Crippen LogP) is -1.75. The Morgan fingerprint density at radius 3 is 1.04 bits per heavy atom. The smallest absolute Gasteiger partial charge is 0.326 e. The summed E-state index contributed by atoms with van der Waals surface area (Å²) in [5, 5.41) is 31.5. The van der Waals surface area contributed by atoms with E-state index in [-0.39, 0.29) is 39.1 Å². The van der Waals surface area contributed by atoms with Crippen molar-refractivity contribution >= 4 is 29.7 Å². The second-order valence-corrected chi connectivity index (χ2v) is 9.83. The number of ether oxygens (including phenoxy) is 8. The Balaban J connectivity index is 3.63. The summed E-state index contributed by atoms with van der Waals surface area (Å²) in [6, 6.07) is -2.81. The van der Waals surface area contributed by atoms with Gasteiger partial charge in [-0.25, -0.2) is 9.59 Å². The zero-order valence-corrected chi connectivity index (χ0v) is 27.4. The van der Waals surface area contributed by atoms with E-state index in [1.807, 2.05) is 0 Å². The van der Waals surface area contributed by atoms with Crippen LogP contribution in [0.2, 0.25) is 0 Å². The van der Waals surface area contributed by atoms with E-state index in [0.29, 0.717) is 92.4 Å². The van der Waals surface area contributed by atoms with Crippen LogP contribution in [0.25, 0.3) is 0 Å². The summed E-state index contributed by atoms with van der Waals surface area (Å²) in [5.41, 5.74) is 5.31. The zero-order valence-electron chi connectivity index (χ0n) is 27.4. The fourth-order valence-corrected chi connectivity index (χ4v) is 3.48. The molecule has 0 spiro atoms. The van der Waals surface area contributed by atoms with Gasteiger partial charge in [-0.2, -0.15) is 0 Å². The van der Waals surface area contributed by atoms with E-state index in [0.717, 1.165) is 0 Å². The minimum absolute atomic E-state index is 0.0118. The van der Waals surface area contributed by atoms with Crippen molar-refractivity contribution < 1.29 is 77.2 Å². The van der Waals surface area contributed by atoms with Gasteiger partial charge in [-0.1, -0.05) is 0 Å². The van der Waals surface area contributed by atoms with Gasteiger partial charge in [0, 0.05) is 25.8 Å². The maximum atomic E-state index is 12.1. The molecule has 0 aromatic carbocycles. The number of carbonyl (C=O) groups excluding carboxylic acids is 2. The molecule has 0 saturated carbocycles. The Morgan fingerprint density at radius 1 is 0.438 bits per heavy atom. The Bertz CT molecular complexity index is 866. The first-order valence-electron chi connectivity index (χ1n) is 15.8. The lowest BCUT2D eigenvalue weighted by Crippen LogP contribution is -2.44. The van der Waals surface area contributed by atoms with Crippen LogP contribution in [-0.2, 0) is 61.9 Å². The minimum atomic E-state index is -1.43. The molecule has 2 atom stereocenters. The number of hydrogen-bond donors (Lipinski definition) is 6. The van der Waals surface area contributed by atoms with E-state index in [1.165, 1.54) is 0 Å². The lowest BCUT2D eigenvalue weighted by atomic mass is 10.1. The van der Waals surface area contributed by atoms with Crippen molar-refractivity contribution in [1.29, 1.82) is 0 Å². The second-order valence-electron chi connectivity index (χ2n) is 9.83. The molecule has 0 aromatic rings. The molecule has 0 aliphatic carbocycles. The average Bonchev–Trinajstić information content (AvgIpc) is 3.04. The number of aliphatic carboxylic acids is 3. The van der Waals surface area contributed by atoms with Crippen LogP contribution in [0.3, 0.4) is 0 Å². The van der Waals surface area contributed by atoms with Crippen molar-refractivity contribution in [1.82, 2.24) is 10.6 Å². The van der Waals surface area contributed by atoms with Crippen molar-refractivity contribution in [3.63, 3.8) is 0 Å². The Hall–Kier alpha value is -3.01. The lowest BCUT2D eigenvalue weighted by Gasteiger charge is -2.16. The maximum Gasteiger partial charge on any atom is 0.326 e. The molecular weight excluding hydrogens is 646 g/mol. The van der Waals surface area contributed by atoms with Crippen molar-refractivity contribution in [2.75, 3.05) is 112 Å². The molecule has 0 bridgehead atoms. The van der Waals surface area contributed by atoms with Crippen molar-refractivity contribution in [3.8, 4) is 0 Å². The molecule has 2 unspecified atom stereocenters. The molecule has 7 N–H and O–H groups in total. The maximum absolute atomic E-state index is 12.1. The molecule has 0 heterocycles. The number of rotatable bonds is 36. The summed E-state index contributed by atoms with van der Waals surface area (Å²) < 4.78 is 42.8. The van der Waals surface area contributed by atoms with Crippen LogP contribution in [0, 0.1) is 0 Å². The first-order chi connectivity index (χ1) is 23.2. The highest BCUT2D eigenvalue weighted by atomic mass is 16.6. The second kappa shape index (κ2) is 32.5. The lowest BCUT2D eigenvalue weighted by molar-refractivity contribution is -0.144. The van der Waals surface area contributed by atoms with E-state index in [1.54, 1.807) is 0 Å². The molecule has 19 heteroatoms. The van der Waals surface area contributed by atoms with Crippen LogP contribution in [0.5, 0.6) is 0 Å². The first-order valence-corrected chi connectivity index (χ1v) is 15.8. The Labute approximate surface area is 279 Å². The molecule has 0 aromatic heterocycles. The molecule has 48 heavy (non-hydrogen) atoms. The first kappa shape index (κ1) is 45.0. The SMILES string of the molecule is NCCOCCOCCOCCOCCOCCOCCOCCOCCC(=O)NC(CCC(=O)NC(CCC(=O)O)C(=O)O)C(=O)O. The summed E-state index contributed by atoms with van der Waals surface area (Å²) in [6.07, 6.45) is -1.61. The van der Waals surface area contributed by atoms with Crippen LogP contribution >= 0.6 is 0 Å². The highest BCUT2D eigenvalue weighted by Gasteiger charge is 2.24. The van der Waals surface area contributed by atoms with Gasteiger partial charge in [0.05, 0.1) is 106 Å². The summed E-state index contributed by atoms with van der Waals surface area (Å²) in [4.78, 5) is 57.4. The monoisotopic (exact) mass is 699 g/mol. The third-order valence-corrected chi connectivity index (χ3v) is 5.91. The number of amides is 2. The quantitative estimate of drug-likeness (QED) is 0.0396. The van der Waals surface area contributed by atoms with Crippen molar-refractivity contribution in [2.24, 2.45) is 5.73 Å². The van der Waals surface area contributed by atoms with E-state index >= 15 is 0 Å². The number of carboxylic acid groups (broad SMARTS) is 3. The van der Waals surface area contributed by atoms with Gasteiger partial charge in [0.25, 0.3) is 0 Å². The number of carboxylic acids is 3. The van der Waals surface area contributed by atoms with Crippen LogP contribution < -0.4 is 16.4 Å². The van der Waals surface area contributed by atoms with Gasteiger partial charge in [-0.15, -0.1) is 0 Å². The van der Waals surface area contributed by atoms with E-state index in [9.17, 15) is 29.1 Å². The number of nitrogens with one attached hydrogen (secondary N) is 2. The number of carbonyl (C=O) groups is 5. The summed E-state index contributed by atoms with van der Waals surface area (Å²) >= 11 is 0. The zero-order chi connectivity index (χ0) is 35.7. The third-order valence-electron chi connectivity index (χ3n) is 5.91. The third kappa shape index (κ3) is 30.3. The minimum Gasteiger partial charge on any atom is -0.481 e. The van der Waals surface area contributed by atoms with Gasteiger partial charge in [0.2, 0.25) is 11.8 Å². The molecule has 280 valence electrons. The normalized spacial score (nSPS) is 12.4. The molecule has 0 rings (SSSR count). The summed E-state index contributed by atoms with van der Waals surface area (Å²) in [6.45, 7) is 6.79. The fourth-order valence-electron chi connectivity index (χ4n) is 3.48. The van der Waals surface area contributed by atoms with Gasteiger partial charge in [-0.05, 0) is 12.8 Å². The Kier molecular flexibility index (Phi) is 30.5. The fraction of sp³-hybridized carbons (Fsp3) is 0.828. The van der Waals surface area contributed by atoms with Gasteiger partial charge in [0.1, 0.15) is 12.1 Å². The molecule has 19 nitrogen and oxygen atoms in total. The number of hydrogen-bond acceptors (Lipinski definition) is 14. The van der Waals surface area contributed by atoms with Gasteiger partial charge < -0.3 is 69.6 Å². The number of nitrogens with two attached hydrogens (primary N) is 1. The predicted molar refractivity (Wildman–Crippen MR) is 165 cm³/mol. The largest absolute Gasteiger partial charge is 0.481 e. The topological polar surface area (TPSA) is 270 Å². The van der Waals surface area contributed by atoms with Crippen molar-refractivity contribution in [2.45, 2.75) is 44.2 Å². The van der Waals surface area contributed by atoms with E-state index in [4.69, 9.17) is 53.8 Å². The highest BCUT2D eigenvalue weighted by molar-refractivity contribution is 5.86. The molecule has 0 fully saturated rings. The molecule has 2 amide bonds. The van der Waals surface area contributed by atoms with E-state index < -0.39 is 54.6 Å². The van der Waals surface area contributed by atoms with Gasteiger partial charge in [0.15, 0.2) is 0 Å². The van der Waals surface area contributed by atoms with Gasteiger partial charge in [-0.3, -0.25) is 14.4 Å². The molecule has 0 radical (unpaired) electrons. The molecular formula is C29H53N3O16. The van der Waals surface area contributed by atoms with Crippen molar-refractivity contribution in [3.05, 3.63) is 0 Å². The molecule has 0 aliphatic heterocycles. The average molecular weight is 700 g/mol. The van der Waals surface area contributed by atoms with Crippen LogP contribution in [-0.4, -0.2) is 169 Å². The highest BCUT2D eigenvalue weighted by Crippen LogP contribution is 2.03. The summed E-state index contributed by atoms with van der Waals surface area (Å²) in [7, 11) is 0.